The minimum atomic E-state index is 0.342. The lowest BCUT2D eigenvalue weighted by atomic mass is 10.3. The molecule has 0 aromatic carbocycles. The molecule has 0 bridgehead atoms. The first-order valence-corrected chi connectivity index (χ1v) is 5.72. The molecule has 0 saturated carbocycles. The lowest BCUT2D eigenvalue weighted by Crippen LogP contribution is -2.20. The molecule has 1 fully saturated rings. The number of hydrogen-bond acceptors (Lipinski definition) is 4. The van der Waals surface area contributed by atoms with Crippen molar-refractivity contribution in [3.8, 4) is 0 Å². The molecule has 3 nitrogen and oxygen atoms in total. The van der Waals surface area contributed by atoms with Crippen molar-refractivity contribution in [1.29, 1.82) is 0 Å². The Kier molecular flexibility index (Phi) is 2.84. The molecule has 0 radical (unpaired) electrons. The first-order valence-electron chi connectivity index (χ1n) is 4.84. The van der Waals surface area contributed by atoms with Crippen molar-refractivity contribution in [1.82, 2.24) is 0 Å². The van der Waals surface area contributed by atoms with E-state index in [1.54, 1.807) is 11.3 Å². The molecule has 2 N–H and O–H groups in total. The van der Waals surface area contributed by atoms with Crippen LogP contribution in [0.5, 0.6) is 0 Å². The van der Waals surface area contributed by atoms with Gasteiger partial charge in [-0.3, -0.25) is 4.79 Å². The molecule has 76 valence electrons. The van der Waals surface area contributed by atoms with E-state index in [1.165, 1.54) is 10.6 Å². The van der Waals surface area contributed by atoms with Crippen LogP contribution in [0.4, 0.5) is 5.69 Å². The van der Waals surface area contributed by atoms with Gasteiger partial charge in [-0.05, 0) is 24.4 Å². The summed E-state index contributed by atoms with van der Waals surface area (Å²) in [6, 6.07) is 2.09. The summed E-state index contributed by atoms with van der Waals surface area (Å²) in [6.07, 6.45) is 1.61. The first kappa shape index (κ1) is 9.68. The Labute approximate surface area is 87.5 Å². The molecule has 1 aromatic heterocycles. The summed E-state index contributed by atoms with van der Waals surface area (Å²) in [6.45, 7) is 2.12. The number of thiophene rings is 1. The summed E-state index contributed by atoms with van der Waals surface area (Å²) in [5.74, 6) is 0.342. The largest absolute Gasteiger partial charge is 0.363 e. The Morgan fingerprint density at radius 3 is 3.07 bits per heavy atom. The van der Waals surface area contributed by atoms with Gasteiger partial charge in [-0.15, -0.1) is 11.3 Å². The Hall–Kier alpha value is -0.870. The lowest BCUT2D eigenvalue weighted by Gasteiger charge is -2.16. The standard InChI is InChI=1S/C10H14N2OS/c11-4-1-10-9(3-6-14-10)12-5-2-8(13)7-12/h3,6H,1-2,4-5,7,11H2. The van der Waals surface area contributed by atoms with Gasteiger partial charge in [0.2, 0.25) is 0 Å². The Morgan fingerprint density at radius 2 is 2.43 bits per heavy atom. The number of carbonyl (C=O) groups excluding carboxylic acids is 1. The van der Waals surface area contributed by atoms with Crippen molar-refractivity contribution in [3.05, 3.63) is 16.3 Å². The van der Waals surface area contributed by atoms with Gasteiger partial charge in [-0.2, -0.15) is 0 Å². The summed E-state index contributed by atoms with van der Waals surface area (Å²) in [7, 11) is 0. The van der Waals surface area contributed by atoms with Gasteiger partial charge in [-0.25, -0.2) is 0 Å². The molecular formula is C10H14N2OS. The van der Waals surface area contributed by atoms with E-state index >= 15 is 0 Å². The Balaban J connectivity index is 2.14. The number of nitrogens with two attached hydrogens (primary N) is 1. The lowest BCUT2D eigenvalue weighted by molar-refractivity contribution is -0.116. The minimum absolute atomic E-state index is 0.342. The molecule has 1 saturated heterocycles. The topological polar surface area (TPSA) is 46.3 Å². The van der Waals surface area contributed by atoms with Crippen molar-refractivity contribution in [3.63, 3.8) is 0 Å². The first-order chi connectivity index (χ1) is 6.81. The Bertz CT molecular complexity index is 335. The van der Waals surface area contributed by atoms with Gasteiger partial charge >= 0.3 is 0 Å². The zero-order chi connectivity index (χ0) is 9.97. The molecule has 4 heteroatoms. The number of ketones is 1. The van der Waals surface area contributed by atoms with Crippen LogP contribution in [-0.4, -0.2) is 25.4 Å². The van der Waals surface area contributed by atoms with Gasteiger partial charge in [0, 0.05) is 17.8 Å². The van der Waals surface area contributed by atoms with Crippen LogP contribution < -0.4 is 10.6 Å². The van der Waals surface area contributed by atoms with Crippen LogP contribution in [0.3, 0.4) is 0 Å². The summed E-state index contributed by atoms with van der Waals surface area (Å²) < 4.78 is 0. The molecule has 1 aliphatic rings. The fourth-order valence-electron chi connectivity index (χ4n) is 1.77. The van der Waals surface area contributed by atoms with E-state index in [-0.39, 0.29) is 0 Å². The van der Waals surface area contributed by atoms with Gasteiger partial charge in [-0.1, -0.05) is 0 Å². The average molecular weight is 210 g/mol. The summed E-state index contributed by atoms with van der Waals surface area (Å²) in [5, 5.41) is 2.07. The molecule has 1 aliphatic heterocycles. The highest BCUT2D eigenvalue weighted by Gasteiger charge is 2.21. The van der Waals surface area contributed by atoms with Crippen LogP contribution in [0, 0.1) is 0 Å². The predicted molar refractivity (Wildman–Crippen MR) is 58.9 cm³/mol. The molecule has 2 heterocycles. The minimum Gasteiger partial charge on any atom is -0.363 e. The molecule has 0 spiro atoms. The summed E-state index contributed by atoms with van der Waals surface area (Å²) in [5.41, 5.74) is 6.75. The number of carbonyl (C=O) groups is 1. The highest BCUT2D eigenvalue weighted by atomic mass is 32.1. The third kappa shape index (κ3) is 1.81. The number of Topliss-reactive ketones (excluding diaryl/α,β-unsaturated/α-hetero) is 1. The van der Waals surface area contributed by atoms with E-state index in [4.69, 9.17) is 5.73 Å². The number of hydrogen-bond donors (Lipinski definition) is 1. The van der Waals surface area contributed by atoms with Gasteiger partial charge in [0.25, 0.3) is 0 Å². The van der Waals surface area contributed by atoms with Crippen molar-refractivity contribution < 1.29 is 4.79 Å². The zero-order valence-electron chi connectivity index (χ0n) is 8.03. The molecule has 0 unspecified atom stereocenters. The quantitative estimate of drug-likeness (QED) is 0.810. The molecule has 0 atom stereocenters. The van der Waals surface area contributed by atoms with E-state index < -0.39 is 0 Å². The van der Waals surface area contributed by atoms with Crippen molar-refractivity contribution in [2.75, 3.05) is 24.5 Å². The molecule has 1 aromatic rings. The molecule has 0 amide bonds. The maximum absolute atomic E-state index is 11.2. The van der Waals surface area contributed by atoms with Crippen molar-refractivity contribution in [2.24, 2.45) is 5.73 Å². The van der Waals surface area contributed by atoms with Gasteiger partial charge in [0.05, 0.1) is 12.2 Å². The van der Waals surface area contributed by atoms with Crippen LogP contribution in [0.1, 0.15) is 11.3 Å². The fraction of sp³-hybridized carbons (Fsp3) is 0.500. The smallest absolute Gasteiger partial charge is 0.153 e. The summed E-state index contributed by atoms with van der Waals surface area (Å²) in [4.78, 5) is 14.6. The van der Waals surface area contributed by atoms with E-state index in [9.17, 15) is 4.79 Å². The van der Waals surface area contributed by atoms with E-state index in [2.05, 4.69) is 16.3 Å². The maximum Gasteiger partial charge on any atom is 0.153 e. The van der Waals surface area contributed by atoms with Gasteiger partial charge < -0.3 is 10.6 Å². The van der Waals surface area contributed by atoms with Gasteiger partial charge in [0.1, 0.15) is 0 Å². The molecular weight excluding hydrogens is 196 g/mol. The van der Waals surface area contributed by atoms with Crippen LogP contribution >= 0.6 is 11.3 Å². The van der Waals surface area contributed by atoms with Crippen molar-refractivity contribution >= 4 is 22.8 Å². The zero-order valence-corrected chi connectivity index (χ0v) is 8.85. The van der Waals surface area contributed by atoms with Crippen LogP contribution in [-0.2, 0) is 11.2 Å². The highest BCUT2D eigenvalue weighted by molar-refractivity contribution is 7.10. The number of nitrogens with zero attached hydrogens (tertiary/aromatic N) is 1. The highest BCUT2D eigenvalue weighted by Crippen LogP contribution is 2.28. The second-order valence-corrected chi connectivity index (χ2v) is 4.48. The second kappa shape index (κ2) is 4.11. The van der Waals surface area contributed by atoms with E-state index in [0.29, 0.717) is 25.3 Å². The number of anilines is 1. The normalized spacial score (nSPS) is 16.6. The van der Waals surface area contributed by atoms with Gasteiger partial charge in [0.15, 0.2) is 5.78 Å². The molecule has 0 aliphatic carbocycles. The fourth-order valence-corrected chi connectivity index (χ4v) is 2.68. The summed E-state index contributed by atoms with van der Waals surface area (Å²) >= 11 is 1.73. The third-order valence-electron chi connectivity index (χ3n) is 2.46. The molecule has 14 heavy (non-hydrogen) atoms. The predicted octanol–water partition coefficient (Wildman–Crippen LogP) is 1.03. The van der Waals surface area contributed by atoms with E-state index in [1.807, 2.05) is 0 Å². The monoisotopic (exact) mass is 210 g/mol. The van der Waals surface area contributed by atoms with E-state index in [0.717, 1.165) is 13.0 Å². The van der Waals surface area contributed by atoms with Crippen LogP contribution in [0.15, 0.2) is 11.4 Å². The van der Waals surface area contributed by atoms with Crippen LogP contribution in [0.25, 0.3) is 0 Å². The average Bonchev–Trinajstić information content (AvgIpc) is 2.74. The SMILES string of the molecule is NCCc1sccc1N1CCC(=O)C1. The third-order valence-corrected chi connectivity index (χ3v) is 3.43. The Morgan fingerprint density at radius 1 is 1.57 bits per heavy atom. The molecule has 2 rings (SSSR count). The number of rotatable bonds is 3. The van der Waals surface area contributed by atoms with Crippen molar-refractivity contribution in [2.45, 2.75) is 12.8 Å². The maximum atomic E-state index is 11.2. The second-order valence-electron chi connectivity index (χ2n) is 3.48. The van der Waals surface area contributed by atoms with Crippen LogP contribution in [0.2, 0.25) is 0 Å².